The van der Waals surface area contributed by atoms with Gasteiger partial charge in [0.15, 0.2) is 0 Å². The number of carboxylic acids is 1. The number of nitrogens with two attached hydrogens (primary N) is 3. The standard InChI is InChI=1S/C25H36N8O6/c26-9-5-4-8-18(23(36)33-20(25(38)39)12-21(28)34)31-24(37)19(11-16-13-29-14-30-16)32-22(35)17(27)10-15-6-2-1-3-7-15/h1-3,6-7,13-14,17-20H,4-5,8-12,26-27H2,(H2,28,34)(H,29,30)(H,31,37)(H,32,35)(H,33,36)(H,38,39). The maximum Gasteiger partial charge on any atom is 0.326 e. The molecule has 1 aromatic carbocycles. The summed E-state index contributed by atoms with van der Waals surface area (Å²) in [6, 6.07) is 4.32. The Hall–Kier alpha value is -4.30. The number of amides is 4. The van der Waals surface area contributed by atoms with E-state index in [2.05, 4.69) is 25.9 Å². The van der Waals surface area contributed by atoms with E-state index in [0.29, 0.717) is 25.1 Å². The molecule has 14 heteroatoms. The first-order valence-electron chi connectivity index (χ1n) is 12.5. The molecular weight excluding hydrogens is 508 g/mol. The predicted molar refractivity (Wildman–Crippen MR) is 141 cm³/mol. The molecule has 1 aromatic heterocycles. The molecule has 0 fully saturated rings. The van der Waals surface area contributed by atoms with Gasteiger partial charge in [0.25, 0.3) is 0 Å². The van der Waals surface area contributed by atoms with Crippen LogP contribution in [0.3, 0.4) is 0 Å². The second kappa shape index (κ2) is 15.8. The zero-order valence-corrected chi connectivity index (χ0v) is 21.5. The number of aromatic amines is 1. The number of hydrogen-bond donors (Lipinski definition) is 8. The number of rotatable bonds is 17. The van der Waals surface area contributed by atoms with Gasteiger partial charge in [-0.15, -0.1) is 0 Å². The molecule has 0 spiro atoms. The fraction of sp³-hybridized carbons (Fsp3) is 0.440. The minimum atomic E-state index is -1.57. The lowest BCUT2D eigenvalue weighted by Crippen LogP contribution is -2.58. The summed E-state index contributed by atoms with van der Waals surface area (Å²) in [5.74, 6) is -4.46. The van der Waals surface area contributed by atoms with Crippen molar-refractivity contribution in [3.05, 3.63) is 54.1 Å². The summed E-state index contributed by atoms with van der Waals surface area (Å²) >= 11 is 0. The molecule has 2 aromatic rings. The quantitative estimate of drug-likeness (QED) is 0.103. The first kappa shape index (κ1) is 30.9. The van der Waals surface area contributed by atoms with E-state index in [1.165, 1.54) is 12.5 Å². The van der Waals surface area contributed by atoms with Gasteiger partial charge >= 0.3 is 5.97 Å². The van der Waals surface area contributed by atoms with Crippen molar-refractivity contribution >= 4 is 29.6 Å². The molecule has 4 amide bonds. The molecule has 0 aliphatic heterocycles. The van der Waals surface area contributed by atoms with Gasteiger partial charge in [-0.25, -0.2) is 9.78 Å². The van der Waals surface area contributed by atoms with Crippen molar-refractivity contribution in [3.63, 3.8) is 0 Å². The van der Waals surface area contributed by atoms with Gasteiger partial charge in [-0.05, 0) is 37.8 Å². The van der Waals surface area contributed by atoms with Crippen LogP contribution in [0.25, 0.3) is 0 Å². The molecule has 1 heterocycles. The Kier molecular flexibility index (Phi) is 12.6. The van der Waals surface area contributed by atoms with E-state index < -0.39 is 60.2 Å². The molecule has 4 unspecified atom stereocenters. The van der Waals surface area contributed by atoms with Gasteiger partial charge < -0.3 is 43.2 Å². The van der Waals surface area contributed by atoms with Gasteiger partial charge in [0.05, 0.1) is 18.8 Å². The molecule has 4 atom stereocenters. The third-order valence-corrected chi connectivity index (χ3v) is 5.85. The molecule has 11 N–H and O–H groups in total. The number of unbranched alkanes of at least 4 members (excludes halogenated alkanes) is 1. The molecule has 0 saturated carbocycles. The average molecular weight is 545 g/mol. The highest BCUT2D eigenvalue weighted by Gasteiger charge is 2.31. The Morgan fingerprint density at radius 1 is 0.897 bits per heavy atom. The Morgan fingerprint density at radius 3 is 2.13 bits per heavy atom. The molecule has 39 heavy (non-hydrogen) atoms. The van der Waals surface area contributed by atoms with Gasteiger partial charge in [-0.2, -0.15) is 0 Å². The third-order valence-electron chi connectivity index (χ3n) is 5.85. The van der Waals surface area contributed by atoms with Gasteiger partial charge in [0.1, 0.15) is 18.1 Å². The number of imidazole rings is 1. The number of carboxylic acid groups (broad SMARTS) is 1. The van der Waals surface area contributed by atoms with Crippen molar-refractivity contribution in [3.8, 4) is 0 Å². The van der Waals surface area contributed by atoms with Crippen molar-refractivity contribution in [2.45, 2.75) is 62.7 Å². The molecule has 0 radical (unpaired) electrons. The van der Waals surface area contributed by atoms with E-state index in [9.17, 15) is 29.1 Å². The van der Waals surface area contributed by atoms with Crippen LogP contribution in [0.5, 0.6) is 0 Å². The molecule has 0 aliphatic rings. The molecule has 0 aliphatic carbocycles. The van der Waals surface area contributed by atoms with E-state index in [4.69, 9.17) is 17.2 Å². The molecular formula is C25H36N8O6. The number of nitrogens with one attached hydrogen (secondary N) is 4. The molecule has 212 valence electrons. The van der Waals surface area contributed by atoms with Crippen LogP contribution in [0.4, 0.5) is 0 Å². The van der Waals surface area contributed by atoms with Crippen molar-refractivity contribution in [2.24, 2.45) is 17.2 Å². The van der Waals surface area contributed by atoms with Crippen molar-refractivity contribution < 1.29 is 29.1 Å². The lowest BCUT2D eigenvalue weighted by Gasteiger charge is -2.25. The van der Waals surface area contributed by atoms with Crippen LogP contribution in [-0.4, -0.2) is 75.4 Å². The summed E-state index contributed by atoms with van der Waals surface area (Å²) in [5.41, 5.74) is 18.1. The SMILES string of the molecule is NCCCCC(NC(=O)C(Cc1cnc[nH]1)NC(=O)C(N)Cc1ccccc1)C(=O)NC(CC(N)=O)C(=O)O. The minimum Gasteiger partial charge on any atom is -0.480 e. The van der Waals surface area contributed by atoms with E-state index in [1.54, 1.807) is 0 Å². The highest BCUT2D eigenvalue weighted by molar-refractivity contribution is 5.95. The Labute approximate surface area is 225 Å². The predicted octanol–water partition coefficient (Wildman–Crippen LogP) is -1.93. The van der Waals surface area contributed by atoms with Gasteiger partial charge in [-0.1, -0.05) is 30.3 Å². The second-order valence-corrected chi connectivity index (χ2v) is 9.05. The lowest BCUT2D eigenvalue weighted by atomic mass is 10.0. The van der Waals surface area contributed by atoms with Crippen LogP contribution < -0.4 is 33.2 Å². The van der Waals surface area contributed by atoms with E-state index >= 15 is 0 Å². The van der Waals surface area contributed by atoms with Crippen molar-refractivity contribution in [2.75, 3.05) is 6.54 Å². The zero-order chi connectivity index (χ0) is 28.8. The highest BCUT2D eigenvalue weighted by Crippen LogP contribution is 2.07. The smallest absolute Gasteiger partial charge is 0.326 e. The van der Waals surface area contributed by atoms with Gasteiger partial charge in [0.2, 0.25) is 23.6 Å². The number of H-pyrrole nitrogens is 1. The number of primary amides is 1. The molecule has 0 saturated heterocycles. The van der Waals surface area contributed by atoms with E-state index in [-0.39, 0.29) is 19.3 Å². The maximum absolute atomic E-state index is 13.3. The summed E-state index contributed by atoms with van der Waals surface area (Å²) in [5, 5.41) is 16.8. The van der Waals surface area contributed by atoms with Crippen molar-refractivity contribution in [1.82, 2.24) is 25.9 Å². The summed E-state index contributed by atoms with van der Waals surface area (Å²) < 4.78 is 0. The fourth-order valence-electron chi connectivity index (χ4n) is 3.77. The lowest BCUT2D eigenvalue weighted by molar-refractivity contribution is -0.143. The van der Waals surface area contributed by atoms with Crippen LogP contribution in [0.2, 0.25) is 0 Å². The highest BCUT2D eigenvalue weighted by atomic mass is 16.4. The Balaban J connectivity index is 2.17. The summed E-state index contributed by atoms with van der Waals surface area (Å²) in [4.78, 5) is 68.7. The number of aliphatic carboxylic acids is 1. The summed E-state index contributed by atoms with van der Waals surface area (Å²) in [6.07, 6.45) is 3.67. The van der Waals surface area contributed by atoms with Crippen LogP contribution in [-0.2, 0) is 36.8 Å². The van der Waals surface area contributed by atoms with Gasteiger partial charge in [0, 0.05) is 18.3 Å². The van der Waals surface area contributed by atoms with E-state index in [1.807, 2.05) is 30.3 Å². The average Bonchev–Trinajstić information content (AvgIpc) is 3.40. The first-order valence-corrected chi connectivity index (χ1v) is 12.5. The number of carbonyl (C=O) groups is 5. The molecule has 2 rings (SSSR count). The third kappa shape index (κ3) is 10.9. The second-order valence-electron chi connectivity index (χ2n) is 9.05. The van der Waals surface area contributed by atoms with Crippen LogP contribution in [0, 0.1) is 0 Å². The largest absolute Gasteiger partial charge is 0.480 e. The first-order chi connectivity index (χ1) is 18.6. The zero-order valence-electron chi connectivity index (χ0n) is 21.5. The number of carbonyl (C=O) groups excluding carboxylic acids is 4. The number of nitrogens with zero attached hydrogens (tertiary/aromatic N) is 1. The Morgan fingerprint density at radius 2 is 1.54 bits per heavy atom. The Bertz CT molecular complexity index is 1100. The van der Waals surface area contributed by atoms with Crippen LogP contribution >= 0.6 is 0 Å². The van der Waals surface area contributed by atoms with E-state index in [0.717, 1.165) is 5.56 Å². The minimum absolute atomic E-state index is 0.0200. The molecule has 14 nitrogen and oxygen atoms in total. The van der Waals surface area contributed by atoms with Crippen LogP contribution in [0.15, 0.2) is 42.9 Å². The van der Waals surface area contributed by atoms with Gasteiger partial charge in [-0.3, -0.25) is 19.2 Å². The molecule has 0 bridgehead atoms. The summed E-state index contributed by atoms with van der Waals surface area (Å²) in [6.45, 7) is 0.347. The number of hydrogen-bond acceptors (Lipinski definition) is 8. The fourth-order valence-corrected chi connectivity index (χ4v) is 3.77. The number of benzene rings is 1. The maximum atomic E-state index is 13.3. The van der Waals surface area contributed by atoms with Crippen LogP contribution in [0.1, 0.15) is 36.9 Å². The normalized spacial score (nSPS) is 13.9. The topological polar surface area (TPSA) is 248 Å². The summed E-state index contributed by atoms with van der Waals surface area (Å²) in [7, 11) is 0. The van der Waals surface area contributed by atoms with Crippen molar-refractivity contribution in [1.29, 1.82) is 0 Å². The number of aromatic nitrogens is 2. The monoisotopic (exact) mass is 544 g/mol.